The van der Waals surface area contributed by atoms with Crippen LogP contribution in [0, 0.1) is 0 Å². The van der Waals surface area contributed by atoms with Crippen LogP contribution in [0.5, 0.6) is 0 Å². The highest BCUT2D eigenvalue weighted by molar-refractivity contribution is 14.1. The molecule has 0 bridgehead atoms. The fraction of sp³-hybridized carbons (Fsp3) is 0.667. The number of hydrogen-bond donors (Lipinski definition) is 0. The molecule has 1 aliphatic heterocycles. The Bertz CT molecular complexity index is 101. The lowest BCUT2D eigenvalue weighted by atomic mass is 10.4. The molecule has 0 saturated heterocycles. The van der Waals surface area contributed by atoms with Gasteiger partial charge in [0.15, 0.2) is 0 Å². The van der Waals surface area contributed by atoms with Crippen LogP contribution in [0.25, 0.3) is 0 Å². The smallest absolute Gasteiger partial charge is 0.0854 e. The van der Waals surface area contributed by atoms with Crippen molar-refractivity contribution in [3.05, 3.63) is 12.2 Å². The summed E-state index contributed by atoms with van der Waals surface area (Å²) in [5, 5.41) is 0. The second-order valence-corrected chi connectivity index (χ2v) is 2.80. The molecule has 0 unspecified atom stereocenters. The van der Waals surface area contributed by atoms with Crippen molar-refractivity contribution < 1.29 is 4.74 Å². The lowest BCUT2D eigenvalue weighted by Gasteiger charge is -2.05. The fourth-order valence-electron chi connectivity index (χ4n) is 0.735. The largest absolute Gasteiger partial charge is 0.366 e. The molecule has 2 atom stereocenters. The molecule has 0 spiro atoms. The summed E-state index contributed by atoms with van der Waals surface area (Å²) in [7, 11) is 0. The zero-order valence-electron chi connectivity index (χ0n) is 4.80. The van der Waals surface area contributed by atoms with Crippen molar-refractivity contribution in [2.75, 3.05) is 4.43 Å². The van der Waals surface area contributed by atoms with E-state index >= 15 is 0 Å². The van der Waals surface area contributed by atoms with Gasteiger partial charge in [-0.25, -0.2) is 0 Å². The molecule has 0 saturated carbocycles. The van der Waals surface area contributed by atoms with Crippen LogP contribution in [0.15, 0.2) is 12.2 Å². The van der Waals surface area contributed by atoms with Crippen LogP contribution in [0.4, 0.5) is 0 Å². The van der Waals surface area contributed by atoms with Crippen LogP contribution in [-0.2, 0) is 4.74 Å². The van der Waals surface area contributed by atoms with Crippen molar-refractivity contribution in [3.8, 4) is 0 Å². The maximum atomic E-state index is 5.39. The first-order valence-electron chi connectivity index (χ1n) is 2.72. The Hall–Kier alpha value is 0.430. The SMILES string of the molecule is C[C@H]1C=C[C@@H](CI)O1. The minimum absolute atomic E-state index is 0.342. The van der Waals surface area contributed by atoms with Gasteiger partial charge < -0.3 is 4.74 Å². The van der Waals surface area contributed by atoms with Crippen LogP contribution >= 0.6 is 22.6 Å². The van der Waals surface area contributed by atoms with Crippen molar-refractivity contribution in [2.24, 2.45) is 0 Å². The van der Waals surface area contributed by atoms with Gasteiger partial charge in [-0.05, 0) is 6.92 Å². The molecule has 46 valence electrons. The summed E-state index contributed by atoms with van der Waals surface area (Å²) in [5.74, 6) is 0. The molecule has 0 N–H and O–H groups in total. The number of rotatable bonds is 1. The topological polar surface area (TPSA) is 9.23 Å². The quantitative estimate of drug-likeness (QED) is 0.374. The van der Waals surface area contributed by atoms with Gasteiger partial charge in [0.25, 0.3) is 0 Å². The Balaban J connectivity index is 2.34. The predicted octanol–water partition coefficient (Wildman–Crippen LogP) is 1.76. The van der Waals surface area contributed by atoms with E-state index in [0.717, 1.165) is 4.43 Å². The van der Waals surface area contributed by atoms with Gasteiger partial charge in [0, 0.05) is 4.43 Å². The summed E-state index contributed by atoms with van der Waals surface area (Å²) >= 11 is 2.32. The van der Waals surface area contributed by atoms with E-state index in [0.29, 0.717) is 12.2 Å². The first-order valence-corrected chi connectivity index (χ1v) is 4.25. The molecule has 2 heteroatoms. The van der Waals surface area contributed by atoms with Crippen LogP contribution in [-0.4, -0.2) is 16.6 Å². The Kier molecular flexibility index (Phi) is 2.31. The summed E-state index contributed by atoms with van der Waals surface area (Å²) in [4.78, 5) is 0. The van der Waals surface area contributed by atoms with Gasteiger partial charge >= 0.3 is 0 Å². The molecular formula is C6H9IO. The maximum absolute atomic E-state index is 5.39. The highest BCUT2D eigenvalue weighted by Crippen LogP contribution is 2.11. The van der Waals surface area contributed by atoms with Gasteiger partial charge in [-0.3, -0.25) is 0 Å². The second kappa shape index (κ2) is 2.82. The van der Waals surface area contributed by atoms with E-state index in [4.69, 9.17) is 4.74 Å². The lowest BCUT2D eigenvalue weighted by Crippen LogP contribution is -2.09. The fourth-order valence-corrected chi connectivity index (χ4v) is 1.24. The third-order valence-corrected chi connectivity index (χ3v) is 2.01. The third kappa shape index (κ3) is 1.45. The molecule has 0 aromatic carbocycles. The standard InChI is InChI=1S/C6H9IO/c1-5-2-3-6(4-7)8-5/h2-3,5-6H,4H2,1H3/t5-,6-/m0/s1. The minimum atomic E-state index is 0.342. The Labute approximate surface area is 63.2 Å². The maximum Gasteiger partial charge on any atom is 0.0854 e. The van der Waals surface area contributed by atoms with E-state index in [9.17, 15) is 0 Å². The summed E-state index contributed by atoms with van der Waals surface area (Å²) in [6, 6.07) is 0. The molecule has 0 fully saturated rings. The first kappa shape index (κ1) is 6.55. The predicted molar refractivity (Wildman–Crippen MR) is 42.4 cm³/mol. The summed E-state index contributed by atoms with van der Waals surface area (Å²) in [6.45, 7) is 2.06. The van der Waals surface area contributed by atoms with E-state index in [-0.39, 0.29) is 0 Å². The molecule has 1 heterocycles. The average molecular weight is 224 g/mol. The molecule has 0 aromatic heterocycles. The lowest BCUT2D eigenvalue weighted by molar-refractivity contribution is 0.0873. The average Bonchev–Trinajstić information content (AvgIpc) is 2.14. The molecule has 1 aliphatic rings. The zero-order chi connectivity index (χ0) is 5.98. The first-order chi connectivity index (χ1) is 3.83. The van der Waals surface area contributed by atoms with E-state index in [1.807, 2.05) is 0 Å². The van der Waals surface area contributed by atoms with E-state index < -0.39 is 0 Å². The molecule has 1 rings (SSSR count). The summed E-state index contributed by atoms with van der Waals surface area (Å²) in [5.41, 5.74) is 0. The van der Waals surface area contributed by atoms with Crippen molar-refractivity contribution in [1.29, 1.82) is 0 Å². The Morgan fingerprint density at radius 1 is 1.62 bits per heavy atom. The molecule has 1 nitrogen and oxygen atoms in total. The van der Waals surface area contributed by atoms with Crippen LogP contribution in [0.3, 0.4) is 0 Å². The van der Waals surface area contributed by atoms with Crippen molar-refractivity contribution in [2.45, 2.75) is 19.1 Å². The van der Waals surface area contributed by atoms with Crippen molar-refractivity contribution in [1.82, 2.24) is 0 Å². The Morgan fingerprint density at radius 3 is 2.62 bits per heavy atom. The Morgan fingerprint density at radius 2 is 2.38 bits per heavy atom. The van der Waals surface area contributed by atoms with E-state index in [1.54, 1.807) is 0 Å². The molecule has 0 radical (unpaired) electrons. The van der Waals surface area contributed by atoms with Crippen LogP contribution in [0.2, 0.25) is 0 Å². The monoisotopic (exact) mass is 224 g/mol. The van der Waals surface area contributed by atoms with Gasteiger partial charge in [-0.1, -0.05) is 34.7 Å². The van der Waals surface area contributed by atoms with Gasteiger partial charge in [0.2, 0.25) is 0 Å². The number of ether oxygens (including phenoxy) is 1. The molecule has 0 aromatic rings. The van der Waals surface area contributed by atoms with Crippen LogP contribution in [0.1, 0.15) is 6.92 Å². The van der Waals surface area contributed by atoms with E-state index in [2.05, 4.69) is 41.7 Å². The van der Waals surface area contributed by atoms with Crippen molar-refractivity contribution in [3.63, 3.8) is 0 Å². The number of hydrogen-bond acceptors (Lipinski definition) is 1. The number of halogens is 1. The van der Waals surface area contributed by atoms with Gasteiger partial charge in [-0.15, -0.1) is 0 Å². The van der Waals surface area contributed by atoms with Gasteiger partial charge in [0.05, 0.1) is 12.2 Å². The molecular weight excluding hydrogens is 215 g/mol. The summed E-state index contributed by atoms with van der Waals surface area (Å²) in [6.07, 6.45) is 4.95. The molecule has 0 amide bonds. The third-order valence-electron chi connectivity index (χ3n) is 1.14. The van der Waals surface area contributed by atoms with Crippen molar-refractivity contribution >= 4 is 22.6 Å². The zero-order valence-corrected chi connectivity index (χ0v) is 6.96. The highest BCUT2D eigenvalue weighted by atomic mass is 127. The number of alkyl halides is 1. The summed E-state index contributed by atoms with van der Waals surface area (Å²) < 4.78 is 6.46. The second-order valence-electron chi connectivity index (χ2n) is 1.92. The van der Waals surface area contributed by atoms with E-state index in [1.165, 1.54) is 0 Å². The normalized spacial score (nSPS) is 36.2. The molecule has 8 heavy (non-hydrogen) atoms. The highest BCUT2D eigenvalue weighted by Gasteiger charge is 2.12. The minimum Gasteiger partial charge on any atom is -0.366 e. The molecule has 0 aliphatic carbocycles. The van der Waals surface area contributed by atoms with Crippen LogP contribution < -0.4 is 0 Å². The van der Waals surface area contributed by atoms with Gasteiger partial charge in [0.1, 0.15) is 0 Å². The van der Waals surface area contributed by atoms with Gasteiger partial charge in [-0.2, -0.15) is 0 Å².